The fourth-order valence-corrected chi connectivity index (χ4v) is 3.64. The Bertz CT molecular complexity index is 729. The van der Waals surface area contributed by atoms with E-state index in [0.29, 0.717) is 17.6 Å². The van der Waals surface area contributed by atoms with Gasteiger partial charge in [0.15, 0.2) is 6.29 Å². The Balaban J connectivity index is 1.87. The summed E-state index contributed by atoms with van der Waals surface area (Å²) in [4.78, 5) is 24.8. The summed E-state index contributed by atoms with van der Waals surface area (Å²) in [6.45, 7) is 8.07. The monoisotopic (exact) mass is 374 g/mol. The molecular weight excluding hydrogens is 348 g/mol. The maximum atomic E-state index is 12.7. The molecule has 0 bridgehead atoms. The van der Waals surface area contributed by atoms with Crippen molar-refractivity contribution in [1.29, 1.82) is 0 Å². The van der Waals surface area contributed by atoms with Crippen LogP contribution in [0.4, 0.5) is 0 Å². The van der Waals surface area contributed by atoms with Crippen LogP contribution in [0, 0.1) is 5.92 Å². The molecule has 0 N–H and O–H groups in total. The summed E-state index contributed by atoms with van der Waals surface area (Å²) in [6, 6.07) is 0. The highest BCUT2D eigenvalue weighted by molar-refractivity contribution is 5.92. The number of allylic oxidation sites excluding steroid dienone is 2. The molecule has 4 atom stereocenters. The number of fused-ring (bicyclic) bond motifs is 1. The van der Waals surface area contributed by atoms with Gasteiger partial charge in [0.2, 0.25) is 0 Å². The summed E-state index contributed by atoms with van der Waals surface area (Å²) >= 11 is 0. The Morgan fingerprint density at radius 2 is 2.04 bits per heavy atom. The third kappa shape index (κ3) is 4.39. The minimum Gasteiger partial charge on any atom is -0.458 e. The van der Waals surface area contributed by atoms with E-state index in [9.17, 15) is 9.59 Å². The van der Waals surface area contributed by atoms with E-state index >= 15 is 0 Å². The van der Waals surface area contributed by atoms with Crippen molar-refractivity contribution in [2.24, 2.45) is 5.92 Å². The Hall–Kier alpha value is -2.18. The van der Waals surface area contributed by atoms with Crippen molar-refractivity contribution in [3.8, 4) is 0 Å². The van der Waals surface area contributed by atoms with E-state index in [1.54, 1.807) is 6.08 Å². The highest BCUT2D eigenvalue weighted by Gasteiger charge is 2.44. The van der Waals surface area contributed by atoms with E-state index in [1.165, 1.54) is 7.11 Å². The van der Waals surface area contributed by atoms with Crippen LogP contribution in [0.1, 0.15) is 33.1 Å². The highest BCUT2D eigenvalue weighted by atomic mass is 16.7. The molecule has 1 saturated heterocycles. The number of carbonyl (C=O) groups is 2. The van der Waals surface area contributed by atoms with Crippen LogP contribution in [0.2, 0.25) is 0 Å². The number of carbonyl (C=O) groups excluding carboxylic acids is 2. The van der Waals surface area contributed by atoms with Crippen molar-refractivity contribution in [2.45, 2.75) is 51.6 Å². The number of rotatable bonds is 3. The molecule has 146 valence electrons. The molecule has 0 saturated carbocycles. The second-order valence-corrected chi connectivity index (χ2v) is 7.28. The predicted molar refractivity (Wildman–Crippen MR) is 98.6 cm³/mol. The number of esters is 2. The van der Waals surface area contributed by atoms with E-state index in [1.807, 2.05) is 19.9 Å². The summed E-state index contributed by atoms with van der Waals surface area (Å²) in [5, 5.41) is 0. The van der Waals surface area contributed by atoms with Crippen molar-refractivity contribution in [3.63, 3.8) is 0 Å². The van der Waals surface area contributed by atoms with Crippen LogP contribution >= 0.6 is 0 Å². The largest absolute Gasteiger partial charge is 0.458 e. The first-order valence-electron chi connectivity index (χ1n) is 9.17. The van der Waals surface area contributed by atoms with Gasteiger partial charge in [-0.3, -0.25) is 0 Å². The van der Waals surface area contributed by atoms with Gasteiger partial charge in [-0.15, -0.1) is 0 Å². The van der Waals surface area contributed by atoms with Gasteiger partial charge in [-0.2, -0.15) is 0 Å². The van der Waals surface area contributed by atoms with Crippen molar-refractivity contribution in [1.82, 2.24) is 0 Å². The lowest BCUT2D eigenvalue weighted by atomic mass is 9.85. The van der Waals surface area contributed by atoms with E-state index < -0.39 is 36.4 Å². The van der Waals surface area contributed by atoms with Gasteiger partial charge >= 0.3 is 11.9 Å². The van der Waals surface area contributed by atoms with Gasteiger partial charge in [-0.1, -0.05) is 23.8 Å². The van der Waals surface area contributed by atoms with Crippen LogP contribution in [0.15, 0.2) is 47.1 Å². The van der Waals surface area contributed by atoms with E-state index in [4.69, 9.17) is 18.9 Å². The molecule has 3 rings (SSSR count). The minimum atomic E-state index is -0.539. The molecule has 2 heterocycles. The average molecular weight is 374 g/mol. The second-order valence-electron chi connectivity index (χ2n) is 7.28. The van der Waals surface area contributed by atoms with E-state index in [-0.39, 0.29) is 6.61 Å². The molecule has 3 aliphatic rings. The molecule has 0 aromatic heterocycles. The Kier molecular flexibility index (Phi) is 5.97. The molecule has 0 amide bonds. The zero-order valence-corrected chi connectivity index (χ0v) is 16.0. The van der Waals surface area contributed by atoms with Crippen molar-refractivity contribution in [2.75, 3.05) is 13.7 Å². The maximum absolute atomic E-state index is 12.7. The summed E-state index contributed by atoms with van der Waals surface area (Å²) in [7, 11) is 1.51. The zero-order valence-electron chi connectivity index (χ0n) is 16.0. The Morgan fingerprint density at radius 3 is 2.74 bits per heavy atom. The molecule has 0 aromatic rings. The van der Waals surface area contributed by atoms with Crippen LogP contribution in [-0.4, -0.2) is 44.2 Å². The lowest BCUT2D eigenvalue weighted by Crippen LogP contribution is -2.34. The number of hydrogen-bond acceptors (Lipinski definition) is 6. The SMILES string of the molecule is C=C1C(=O)O[C@@H]2/C=C(/C)CC/C=C(/C)C[C@@H](OC(=O)C3=C[C@H](OC)OC3)[C@@H]12. The molecule has 0 unspecified atom stereocenters. The van der Waals surface area contributed by atoms with Crippen LogP contribution in [-0.2, 0) is 28.5 Å². The number of hydrogen-bond donors (Lipinski definition) is 0. The van der Waals surface area contributed by atoms with Crippen LogP contribution in [0.3, 0.4) is 0 Å². The summed E-state index contributed by atoms with van der Waals surface area (Å²) < 4.78 is 21.7. The average Bonchev–Trinajstić information content (AvgIpc) is 3.19. The molecule has 6 nitrogen and oxygen atoms in total. The Labute approximate surface area is 159 Å². The van der Waals surface area contributed by atoms with Crippen molar-refractivity contribution in [3.05, 3.63) is 47.1 Å². The van der Waals surface area contributed by atoms with Gasteiger partial charge in [-0.25, -0.2) is 9.59 Å². The third-order valence-electron chi connectivity index (χ3n) is 5.16. The van der Waals surface area contributed by atoms with Crippen molar-refractivity contribution >= 4 is 11.9 Å². The van der Waals surface area contributed by atoms with Gasteiger partial charge in [-0.05, 0) is 38.8 Å². The first-order chi connectivity index (χ1) is 12.9. The first kappa shape index (κ1) is 19.6. The molecule has 1 aliphatic carbocycles. The molecule has 1 fully saturated rings. The molecule has 0 spiro atoms. The number of ether oxygens (including phenoxy) is 4. The van der Waals surface area contributed by atoms with E-state index in [2.05, 4.69) is 12.7 Å². The maximum Gasteiger partial charge on any atom is 0.336 e. The molecule has 6 heteroatoms. The fraction of sp³-hybridized carbons (Fsp3) is 0.524. The van der Waals surface area contributed by atoms with Gasteiger partial charge in [0.05, 0.1) is 18.1 Å². The molecule has 0 radical (unpaired) electrons. The number of methoxy groups -OCH3 is 1. The van der Waals surface area contributed by atoms with Crippen LogP contribution in [0.5, 0.6) is 0 Å². The quantitative estimate of drug-likeness (QED) is 0.430. The van der Waals surface area contributed by atoms with Gasteiger partial charge in [0.25, 0.3) is 0 Å². The topological polar surface area (TPSA) is 71.1 Å². The van der Waals surface area contributed by atoms with Gasteiger partial charge in [0.1, 0.15) is 12.2 Å². The van der Waals surface area contributed by atoms with Gasteiger partial charge < -0.3 is 18.9 Å². The smallest absolute Gasteiger partial charge is 0.336 e. The fourth-order valence-electron chi connectivity index (χ4n) is 3.64. The standard InChI is InChI=1S/C21H26O6/c1-12-6-5-7-13(2)9-17(19-14(3)20(22)26-16(19)8-12)27-21(23)15-10-18(24-4)25-11-15/h7-8,10,16-19H,3,5-6,9,11H2,1-2,4H3/b12-8-,13-7-/t16-,17-,18-,19+/m1/s1. The second kappa shape index (κ2) is 8.23. The molecule has 27 heavy (non-hydrogen) atoms. The summed E-state index contributed by atoms with van der Waals surface area (Å²) in [5.74, 6) is -1.30. The first-order valence-corrected chi connectivity index (χ1v) is 9.17. The Morgan fingerprint density at radius 1 is 1.26 bits per heavy atom. The van der Waals surface area contributed by atoms with E-state index in [0.717, 1.165) is 24.0 Å². The van der Waals surface area contributed by atoms with Crippen molar-refractivity contribution < 1.29 is 28.5 Å². The summed E-state index contributed by atoms with van der Waals surface area (Å²) in [6.07, 6.45) is 6.49. The molecular formula is C21H26O6. The van der Waals surface area contributed by atoms with Crippen LogP contribution in [0.25, 0.3) is 0 Å². The predicted octanol–water partition coefficient (Wildman–Crippen LogP) is 3.00. The lowest BCUT2D eigenvalue weighted by molar-refractivity contribution is -0.147. The molecule has 0 aromatic carbocycles. The third-order valence-corrected chi connectivity index (χ3v) is 5.16. The van der Waals surface area contributed by atoms with Crippen LogP contribution < -0.4 is 0 Å². The molecule has 2 aliphatic heterocycles. The lowest BCUT2D eigenvalue weighted by Gasteiger charge is -2.27. The minimum absolute atomic E-state index is 0.141. The summed E-state index contributed by atoms with van der Waals surface area (Å²) in [5.41, 5.74) is 3.01. The normalized spacial score (nSPS) is 35.3. The zero-order chi connectivity index (χ0) is 19.6. The highest BCUT2D eigenvalue weighted by Crippen LogP contribution is 2.36. The van der Waals surface area contributed by atoms with Gasteiger partial charge in [0, 0.05) is 19.1 Å².